The topological polar surface area (TPSA) is 24.5 Å². The molecule has 112 valence electrons. The van der Waals surface area contributed by atoms with Gasteiger partial charge in [0.2, 0.25) is 0 Å². The molecule has 1 saturated heterocycles. The Morgan fingerprint density at radius 1 is 1.32 bits per heavy atom. The Morgan fingerprint density at radius 3 is 2.79 bits per heavy atom. The highest BCUT2D eigenvalue weighted by Crippen LogP contribution is 2.29. The highest BCUT2D eigenvalue weighted by Gasteiger charge is 2.36. The lowest BCUT2D eigenvalue weighted by atomic mass is 9.89. The maximum Gasteiger partial charge on any atom is 0.401 e. The number of alkyl halides is 3. The predicted octanol–water partition coefficient (Wildman–Crippen LogP) is 2.17. The van der Waals surface area contributed by atoms with E-state index in [0.717, 1.165) is 19.4 Å². The molecule has 0 spiro atoms. The molecule has 6 heteroatoms. The number of hydrogen-bond donors (Lipinski definition) is 1. The molecule has 3 atom stereocenters. The Bertz CT molecular complexity index is 284. The molecule has 3 unspecified atom stereocenters. The van der Waals surface area contributed by atoms with Crippen molar-refractivity contribution >= 4 is 0 Å². The van der Waals surface area contributed by atoms with E-state index in [9.17, 15) is 13.2 Å². The van der Waals surface area contributed by atoms with E-state index in [1.165, 1.54) is 12.8 Å². The fraction of sp³-hybridized carbons (Fsp3) is 1.00. The van der Waals surface area contributed by atoms with Crippen LogP contribution in [0, 0.1) is 0 Å². The number of ether oxygens (including phenoxy) is 1. The summed E-state index contributed by atoms with van der Waals surface area (Å²) in [6, 6.07) is 0.516. The van der Waals surface area contributed by atoms with Gasteiger partial charge in [-0.2, -0.15) is 13.2 Å². The van der Waals surface area contributed by atoms with Crippen molar-refractivity contribution in [3.8, 4) is 0 Å². The number of rotatable bonds is 4. The van der Waals surface area contributed by atoms with Crippen LogP contribution in [0.5, 0.6) is 0 Å². The zero-order chi connectivity index (χ0) is 13.9. The summed E-state index contributed by atoms with van der Waals surface area (Å²) in [6.07, 6.45) is 0.753. The first-order chi connectivity index (χ1) is 8.97. The van der Waals surface area contributed by atoms with E-state index in [1.807, 2.05) is 6.92 Å². The molecule has 2 rings (SSSR count). The van der Waals surface area contributed by atoms with Crippen LogP contribution < -0.4 is 5.32 Å². The lowest BCUT2D eigenvalue weighted by molar-refractivity contribution is -0.127. The molecule has 0 aromatic heterocycles. The zero-order valence-corrected chi connectivity index (χ0v) is 11.4. The highest BCUT2D eigenvalue weighted by molar-refractivity contribution is 4.90. The summed E-state index contributed by atoms with van der Waals surface area (Å²) >= 11 is 0. The summed E-state index contributed by atoms with van der Waals surface area (Å²) in [5, 5.41) is 2.51. The summed E-state index contributed by atoms with van der Waals surface area (Å²) in [5.74, 6) is 0. The number of nitrogens with zero attached hydrogens (tertiary/aromatic N) is 1. The van der Waals surface area contributed by atoms with Gasteiger partial charge in [0, 0.05) is 25.2 Å². The fourth-order valence-electron chi connectivity index (χ4n) is 3.21. The molecular weight excluding hydrogens is 257 g/mol. The maximum atomic E-state index is 12.1. The van der Waals surface area contributed by atoms with Gasteiger partial charge in [0.05, 0.1) is 19.3 Å². The summed E-state index contributed by atoms with van der Waals surface area (Å²) < 4.78 is 42.1. The van der Waals surface area contributed by atoms with Crippen LogP contribution in [0.1, 0.15) is 32.6 Å². The number of morpholine rings is 1. The quantitative estimate of drug-likeness (QED) is 0.854. The van der Waals surface area contributed by atoms with Crippen molar-refractivity contribution in [3.05, 3.63) is 0 Å². The normalized spacial score (nSPS) is 30.9. The van der Waals surface area contributed by atoms with Crippen molar-refractivity contribution in [3.63, 3.8) is 0 Å². The average molecular weight is 280 g/mol. The SMILES string of the molecule is CC(CNCC(F)(F)F)N1CCOC2CCCCC21. The monoisotopic (exact) mass is 280 g/mol. The Balaban J connectivity index is 1.81. The van der Waals surface area contributed by atoms with Crippen molar-refractivity contribution in [2.75, 3.05) is 26.2 Å². The molecule has 1 heterocycles. The van der Waals surface area contributed by atoms with Crippen LogP contribution >= 0.6 is 0 Å². The molecule has 0 radical (unpaired) electrons. The molecule has 0 bridgehead atoms. The fourth-order valence-corrected chi connectivity index (χ4v) is 3.21. The number of hydrogen-bond acceptors (Lipinski definition) is 3. The van der Waals surface area contributed by atoms with Crippen LogP contribution in [-0.2, 0) is 4.74 Å². The molecule has 19 heavy (non-hydrogen) atoms. The van der Waals surface area contributed by atoms with Crippen LogP contribution in [0.3, 0.4) is 0 Å². The van der Waals surface area contributed by atoms with Gasteiger partial charge >= 0.3 is 6.18 Å². The molecule has 0 aromatic rings. The maximum absolute atomic E-state index is 12.1. The van der Waals surface area contributed by atoms with Crippen LogP contribution in [-0.4, -0.2) is 55.5 Å². The van der Waals surface area contributed by atoms with Crippen LogP contribution in [0.4, 0.5) is 13.2 Å². The third-order valence-corrected chi connectivity index (χ3v) is 4.11. The van der Waals surface area contributed by atoms with Crippen LogP contribution in [0.2, 0.25) is 0 Å². The van der Waals surface area contributed by atoms with Gasteiger partial charge in [-0.3, -0.25) is 4.90 Å². The zero-order valence-electron chi connectivity index (χ0n) is 11.4. The van der Waals surface area contributed by atoms with Crippen molar-refractivity contribution in [1.29, 1.82) is 0 Å². The number of fused-ring (bicyclic) bond motifs is 1. The average Bonchev–Trinajstić information content (AvgIpc) is 2.36. The van der Waals surface area contributed by atoms with E-state index >= 15 is 0 Å². The van der Waals surface area contributed by atoms with Crippen LogP contribution in [0.15, 0.2) is 0 Å². The van der Waals surface area contributed by atoms with E-state index in [-0.39, 0.29) is 12.1 Å². The second-order valence-electron chi connectivity index (χ2n) is 5.59. The van der Waals surface area contributed by atoms with E-state index in [2.05, 4.69) is 10.2 Å². The Labute approximate surface area is 112 Å². The molecular formula is C13H23F3N2O. The second kappa shape index (κ2) is 6.41. The summed E-state index contributed by atoms with van der Waals surface area (Å²) in [6.45, 7) is 3.00. The molecule has 1 aliphatic heterocycles. The van der Waals surface area contributed by atoms with Gasteiger partial charge in [0.25, 0.3) is 0 Å². The molecule has 1 saturated carbocycles. The van der Waals surface area contributed by atoms with E-state index in [0.29, 0.717) is 19.2 Å². The molecule has 1 aliphatic carbocycles. The second-order valence-corrected chi connectivity index (χ2v) is 5.59. The summed E-state index contributed by atoms with van der Waals surface area (Å²) in [5.41, 5.74) is 0. The minimum atomic E-state index is -4.13. The molecule has 0 aromatic carbocycles. The minimum absolute atomic E-state index is 0.122. The van der Waals surface area contributed by atoms with Gasteiger partial charge < -0.3 is 10.1 Å². The van der Waals surface area contributed by atoms with Crippen molar-refractivity contribution < 1.29 is 17.9 Å². The summed E-state index contributed by atoms with van der Waals surface area (Å²) in [7, 11) is 0. The van der Waals surface area contributed by atoms with Crippen LogP contribution in [0.25, 0.3) is 0 Å². The Hall–Kier alpha value is -0.330. The first-order valence-corrected chi connectivity index (χ1v) is 7.12. The van der Waals surface area contributed by atoms with E-state index in [4.69, 9.17) is 4.74 Å². The van der Waals surface area contributed by atoms with Gasteiger partial charge in [-0.1, -0.05) is 12.8 Å². The Kier molecular flexibility index (Phi) is 5.09. The van der Waals surface area contributed by atoms with Crippen molar-refractivity contribution in [1.82, 2.24) is 10.2 Å². The number of halogens is 3. The molecule has 3 nitrogen and oxygen atoms in total. The van der Waals surface area contributed by atoms with Gasteiger partial charge in [0.15, 0.2) is 0 Å². The van der Waals surface area contributed by atoms with Crippen molar-refractivity contribution in [2.45, 2.75) is 57.0 Å². The lowest BCUT2D eigenvalue weighted by Gasteiger charge is -2.46. The molecule has 1 N–H and O–H groups in total. The largest absolute Gasteiger partial charge is 0.401 e. The lowest BCUT2D eigenvalue weighted by Crippen LogP contribution is -2.57. The van der Waals surface area contributed by atoms with E-state index < -0.39 is 12.7 Å². The Morgan fingerprint density at radius 2 is 2.05 bits per heavy atom. The smallest absolute Gasteiger partial charge is 0.375 e. The molecule has 0 amide bonds. The third-order valence-electron chi connectivity index (χ3n) is 4.11. The van der Waals surface area contributed by atoms with Gasteiger partial charge in [-0.25, -0.2) is 0 Å². The first-order valence-electron chi connectivity index (χ1n) is 7.12. The molecule has 2 aliphatic rings. The predicted molar refractivity (Wildman–Crippen MR) is 67.1 cm³/mol. The number of nitrogens with one attached hydrogen (secondary N) is 1. The van der Waals surface area contributed by atoms with Gasteiger partial charge in [-0.15, -0.1) is 0 Å². The minimum Gasteiger partial charge on any atom is -0.375 e. The van der Waals surface area contributed by atoms with Gasteiger partial charge in [0.1, 0.15) is 0 Å². The van der Waals surface area contributed by atoms with Crippen molar-refractivity contribution in [2.24, 2.45) is 0 Å². The first kappa shape index (κ1) is 15.1. The summed E-state index contributed by atoms with van der Waals surface area (Å²) in [4.78, 5) is 2.33. The third kappa shape index (κ3) is 4.33. The highest BCUT2D eigenvalue weighted by atomic mass is 19.4. The molecule has 2 fully saturated rings. The standard InChI is InChI=1S/C13H23F3N2O/c1-10(8-17-9-13(14,15)16)18-6-7-19-12-5-3-2-4-11(12)18/h10-12,17H,2-9H2,1H3. The van der Waals surface area contributed by atoms with Gasteiger partial charge in [-0.05, 0) is 19.8 Å². The van der Waals surface area contributed by atoms with E-state index in [1.54, 1.807) is 0 Å².